The molecule has 0 aliphatic rings. The third-order valence-corrected chi connectivity index (χ3v) is 5.64. The molecule has 0 radical (unpaired) electrons. The maximum absolute atomic E-state index is 11.6. The van der Waals surface area contributed by atoms with Gasteiger partial charge in [0.15, 0.2) is 9.84 Å². The lowest BCUT2D eigenvalue weighted by molar-refractivity contribution is 0.210. The zero-order valence-corrected chi connectivity index (χ0v) is 15.8. The highest BCUT2D eigenvalue weighted by atomic mass is 35.5. The van der Waals surface area contributed by atoms with Crippen molar-refractivity contribution in [3.8, 4) is 0 Å². The first-order valence-corrected chi connectivity index (χ1v) is 11.3. The van der Waals surface area contributed by atoms with Crippen LogP contribution in [-0.4, -0.2) is 27.9 Å². The molecule has 0 amide bonds. The highest BCUT2D eigenvalue weighted by molar-refractivity contribution is 8.07. The monoisotopic (exact) mass is 384 g/mol. The Morgan fingerprint density at radius 3 is 2.27 bits per heavy atom. The van der Waals surface area contributed by atoms with Crippen LogP contribution in [0.3, 0.4) is 0 Å². The molecule has 0 N–H and O–H groups in total. The fourth-order valence-electron chi connectivity index (χ4n) is 1.52. The van der Waals surface area contributed by atoms with Crippen molar-refractivity contribution in [2.75, 3.05) is 19.5 Å². The molecule has 124 valence electrons. The molecule has 9 heteroatoms. The first-order chi connectivity index (χ1) is 10.2. The molecule has 0 atom stereocenters. The molecule has 0 aromatic heterocycles. The van der Waals surface area contributed by atoms with Gasteiger partial charge in [-0.3, -0.25) is 9.05 Å². The number of hydrogen-bond donors (Lipinski definition) is 0. The van der Waals surface area contributed by atoms with Crippen molar-refractivity contribution < 1.29 is 22.0 Å². The number of rotatable bonds is 8. The van der Waals surface area contributed by atoms with E-state index >= 15 is 0 Å². The van der Waals surface area contributed by atoms with Crippen LogP contribution in [-0.2, 0) is 35.2 Å². The summed E-state index contributed by atoms with van der Waals surface area (Å²) in [6, 6.07) is 6.70. The third-order valence-electron chi connectivity index (χ3n) is 2.25. The molecule has 0 fully saturated rings. The summed E-state index contributed by atoms with van der Waals surface area (Å²) in [5, 5.41) is 1.31. The van der Waals surface area contributed by atoms with Crippen LogP contribution < -0.4 is 0 Å². The van der Waals surface area contributed by atoms with Crippen molar-refractivity contribution in [1.82, 2.24) is 0 Å². The van der Waals surface area contributed by atoms with Crippen molar-refractivity contribution in [3.05, 3.63) is 40.3 Å². The smallest absolute Gasteiger partial charge is 0.380 e. The molecule has 0 unspecified atom stereocenters. The zero-order chi connectivity index (χ0) is 16.8. The van der Waals surface area contributed by atoms with Crippen LogP contribution in [0, 0.1) is 0 Å². The molecular formula is C13H18ClO5PS2. The Kier molecular flexibility index (Phi) is 7.52. The van der Waals surface area contributed by atoms with E-state index in [4.69, 9.17) is 37.0 Å². The lowest BCUT2D eigenvalue weighted by atomic mass is 10.2. The summed E-state index contributed by atoms with van der Waals surface area (Å²) >= 11 is 11.4. The Bertz CT molecular complexity index is 677. The second kappa shape index (κ2) is 8.43. The SMILES string of the molecule is CCOP(=S)(OCC)OC(=CS(C)(=O)=O)c1ccccc1Cl. The maximum Gasteiger partial charge on any atom is 0.380 e. The lowest BCUT2D eigenvalue weighted by Gasteiger charge is -2.23. The molecular weight excluding hydrogens is 367 g/mol. The fourth-order valence-corrected chi connectivity index (χ4v) is 4.46. The van der Waals surface area contributed by atoms with Gasteiger partial charge in [-0.2, -0.15) is 0 Å². The van der Waals surface area contributed by atoms with Gasteiger partial charge in [0.05, 0.1) is 23.6 Å². The highest BCUT2D eigenvalue weighted by Crippen LogP contribution is 2.53. The van der Waals surface area contributed by atoms with Gasteiger partial charge in [-0.05, 0) is 26.0 Å². The molecule has 0 spiro atoms. The Labute approximate surface area is 141 Å². The first kappa shape index (κ1) is 19.6. The van der Waals surface area contributed by atoms with Gasteiger partial charge in [0.1, 0.15) is 5.76 Å². The van der Waals surface area contributed by atoms with Gasteiger partial charge in [-0.15, -0.1) is 0 Å². The second-order valence-electron chi connectivity index (χ2n) is 4.17. The lowest BCUT2D eigenvalue weighted by Crippen LogP contribution is -2.02. The van der Waals surface area contributed by atoms with Crippen molar-refractivity contribution in [2.45, 2.75) is 13.8 Å². The summed E-state index contributed by atoms with van der Waals surface area (Å²) in [6.07, 6.45) is 1.05. The topological polar surface area (TPSA) is 61.8 Å². The molecule has 0 heterocycles. The quantitative estimate of drug-likeness (QED) is 0.498. The fraction of sp³-hybridized carbons (Fsp3) is 0.385. The summed E-state index contributed by atoms with van der Waals surface area (Å²) in [5.41, 5.74) is 0.406. The van der Waals surface area contributed by atoms with E-state index in [1.54, 1.807) is 38.1 Å². The van der Waals surface area contributed by atoms with E-state index in [9.17, 15) is 8.42 Å². The van der Waals surface area contributed by atoms with E-state index in [1.165, 1.54) is 0 Å². The summed E-state index contributed by atoms with van der Waals surface area (Å²) in [6.45, 7) is 0.960. The molecule has 0 aliphatic carbocycles. The first-order valence-electron chi connectivity index (χ1n) is 6.46. The molecule has 1 aromatic rings. The Hall–Kier alpha value is -0.430. The normalized spacial score (nSPS) is 13.2. The number of benzene rings is 1. The van der Waals surface area contributed by atoms with Gasteiger partial charge in [0.25, 0.3) is 0 Å². The third kappa shape index (κ3) is 6.36. The Balaban J connectivity index is 3.32. The van der Waals surface area contributed by atoms with Crippen LogP contribution in [0.25, 0.3) is 5.76 Å². The molecule has 22 heavy (non-hydrogen) atoms. The minimum Gasteiger partial charge on any atom is -0.423 e. The van der Waals surface area contributed by atoms with Gasteiger partial charge >= 0.3 is 6.72 Å². The van der Waals surface area contributed by atoms with Crippen molar-refractivity contribution >= 4 is 45.7 Å². The van der Waals surface area contributed by atoms with E-state index < -0.39 is 16.6 Å². The van der Waals surface area contributed by atoms with Crippen molar-refractivity contribution in [3.63, 3.8) is 0 Å². The van der Waals surface area contributed by atoms with Gasteiger partial charge in [-0.1, -0.05) is 23.7 Å². The summed E-state index contributed by atoms with van der Waals surface area (Å²) in [4.78, 5) is 0. The van der Waals surface area contributed by atoms with Crippen molar-refractivity contribution in [1.29, 1.82) is 0 Å². The largest absolute Gasteiger partial charge is 0.423 e. The van der Waals surface area contributed by atoms with Crippen LogP contribution in [0.15, 0.2) is 29.7 Å². The molecule has 1 aromatic carbocycles. The summed E-state index contributed by atoms with van der Waals surface area (Å²) in [7, 11) is -3.48. The molecule has 0 bridgehead atoms. The number of hydrogen-bond acceptors (Lipinski definition) is 6. The maximum atomic E-state index is 11.6. The van der Waals surface area contributed by atoms with E-state index in [2.05, 4.69) is 0 Å². The Morgan fingerprint density at radius 2 is 1.82 bits per heavy atom. The Morgan fingerprint density at radius 1 is 1.27 bits per heavy atom. The van der Waals surface area contributed by atoms with E-state index in [1.807, 2.05) is 0 Å². The van der Waals surface area contributed by atoms with Crippen LogP contribution in [0.5, 0.6) is 0 Å². The van der Waals surface area contributed by atoms with Crippen LogP contribution in [0.1, 0.15) is 19.4 Å². The van der Waals surface area contributed by atoms with E-state index in [0.717, 1.165) is 11.7 Å². The molecule has 0 saturated heterocycles. The van der Waals surface area contributed by atoms with Crippen LogP contribution in [0.2, 0.25) is 5.02 Å². The van der Waals surface area contributed by atoms with Crippen LogP contribution >= 0.6 is 18.3 Å². The average Bonchev–Trinajstić information content (AvgIpc) is 2.37. The van der Waals surface area contributed by atoms with Gasteiger partial charge < -0.3 is 4.52 Å². The second-order valence-corrected chi connectivity index (χ2v) is 9.40. The predicted octanol–water partition coefficient (Wildman–Crippen LogP) is 4.00. The van der Waals surface area contributed by atoms with E-state index in [-0.39, 0.29) is 19.0 Å². The molecule has 1 rings (SSSR count). The minimum absolute atomic E-state index is 0.0123. The minimum atomic E-state index is -3.48. The standard InChI is InChI=1S/C13H18ClO5PS2/c1-4-17-20(21,18-5-2)19-13(10-22(3,15)16)11-8-6-7-9-12(11)14/h6-10H,4-5H2,1-3H3. The number of halogens is 1. The van der Waals surface area contributed by atoms with E-state index in [0.29, 0.717) is 10.6 Å². The average molecular weight is 385 g/mol. The van der Waals surface area contributed by atoms with Gasteiger partial charge in [-0.25, -0.2) is 8.42 Å². The zero-order valence-electron chi connectivity index (χ0n) is 12.5. The summed E-state index contributed by atoms with van der Waals surface area (Å²) < 4.78 is 39.6. The number of sulfone groups is 1. The van der Waals surface area contributed by atoms with Gasteiger partial charge in [0.2, 0.25) is 0 Å². The molecule has 5 nitrogen and oxygen atoms in total. The predicted molar refractivity (Wildman–Crippen MR) is 92.9 cm³/mol. The molecule has 0 aliphatic heterocycles. The van der Waals surface area contributed by atoms with Crippen molar-refractivity contribution in [2.24, 2.45) is 0 Å². The van der Waals surface area contributed by atoms with Crippen LogP contribution in [0.4, 0.5) is 0 Å². The molecule has 0 saturated carbocycles. The summed E-state index contributed by atoms with van der Waals surface area (Å²) in [5.74, 6) is 0.0123. The van der Waals surface area contributed by atoms with Gasteiger partial charge in [0, 0.05) is 23.6 Å². The highest BCUT2D eigenvalue weighted by Gasteiger charge is 2.25.